The van der Waals surface area contributed by atoms with Gasteiger partial charge in [0.05, 0.1) is 11.1 Å². The Bertz CT molecular complexity index is 615. The SMILES string of the molecule is Nc1ccc(-c2c(C(=O)O)cccc2C(=O)O)cc1. The van der Waals surface area contributed by atoms with Gasteiger partial charge >= 0.3 is 11.9 Å². The molecule has 5 heteroatoms. The predicted molar refractivity (Wildman–Crippen MR) is 70.2 cm³/mol. The second-order valence-corrected chi connectivity index (χ2v) is 3.96. The van der Waals surface area contributed by atoms with Crippen LogP contribution in [-0.2, 0) is 0 Å². The Morgan fingerprint density at radius 1 is 0.842 bits per heavy atom. The summed E-state index contributed by atoms with van der Waals surface area (Å²) < 4.78 is 0. The van der Waals surface area contributed by atoms with E-state index in [1.54, 1.807) is 24.3 Å². The van der Waals surface area contributed by atoms with Gasteiger partial charge in [0, 0.05) is 11.3 Å². The Hall–Kier alpha value is -2.82. The molecular formula is C14H11NO4. The summed E-state index contributed by atoms with van der Waals surface area (Å²) in [7, 11) is 0. The maximum absolute atomic E-state index is 11.2. The van der Waals surface area contributed by atoms with Crippen molar-refractivity contribution in [2.45, 2.75) is 0 Å². The minimum Gasteiger partial charge on any atom is -0.478 e. The lowest BCUT2D eigenvalue weighted by Gasteiger charge is -2.10. The van der Waals surface area contributed by atoms with Gasteiger partial charge in [-0.25, -0.2) is 9.59 Å². The van der Waals surface area contributed by atoms with Crippen LogP contribution in [0.2, 0.25) is 0 Å². The Morgan fingerprint density at radius 2 is 1.32 bits per heavy atom. The first-order valence-corrected chi connectivity index (χ1v) is 5.46. The van der Waals surface area contributed by atoms with Gasteiger partial charge < -0.3 is 15.9 Å². The number of carbonyl (C=O) groups is 2. The minimum atomic E-state index is -1.17. The van der Waals surface area contributed by atoms with Crippen LogP contribution in [0.15, 0.2) is 42.5 Å². The molecule has 0 radical (unpaired) electrons. The van der Waals surface area contributed by atoms with E-state index in [1.807, 2.05) is 0 Å². The number of rotatable bonds is 3. The number of anilines is 1. The summed E-state index contributed by atoms with van der Waals surface area (Å²) in [5.74, 6) is -2.34. The van der Waals surface area contributed by atoms with Crippen LogP contribution in [0.5, 0.6) is 0 Å². The molecule has 0 aliphatic carbocycles. The van der Waals surface area contributed by atoms with Gasteiger partial charge in [-0.1, -0.05) is 18.2 Å². The molecule has 0 saturated carbocycles. The van der Waals surface area contributed by atoms with E-state index in [0.29, 0.717) is 11.3 Å². The molecule has 5 nitrogen and oxygen atoms in total. The molecular weight excluding hydrogens is 246 g/mol. The van der Waals surface area contributed by atoms with Crippen molar-refractivity contribution < 1.29 is 19.8 Å². The normalized spacial score (nSPS) is 10.1. The van der Waals surface area contributed by atoms with Crippen LogP contribution in [0, 0.1) is 0 Å². The van der Waals surface area contributed by atoms with Crippen molar-refractivity contribution in [3.8, 4) is 11.1 Å². The summed E-state index contributed by atoms with van der Waals surface area (Å²) in [5, 5.41) is 18.3. The second-order valence-electron chi connectivity index (χ2n) is 3.96. The zero-order chi connectivity index (χ0) is 14.0. The molecule has 0 atom stereocenters. The van der Waals surface area contributed by atoms with E-state index in [4.69, 9.17) is 5.73 Å². The molecule has 0 aliphatic rings. The fourth-order valence-corrected chi connectivity index (χ4v) is 1.87. The monoisotopic (exact) mass is 257 g/mol. The van der Waals surface area contributed by atoms with Crippen molar-refractivity contribution >= 4 is 17.6 Å². The standard InChI is InChI=1S/C14H11NO4/c15-9-6-4-8(5-7-9)12-10(13(16)17)2-1-3-11(12)14(18)19/h1-7H,15H2,(H,16,17)(H,18,19). The number of aromatic carboxylic acids is 2. The molecule has 19 heavy (non-hydrogen) atoms. The summed E-state index contributed by atoms with van der Waals surface area (Å²) in [5.41, 5.74) is 6.67. The lowest BCUT2D eigenvalue weighted by Crippen LogP contribution is -2.06. The first-order valence-electron chi connectivity index (χ1n) is 5.46. The molecule has 0 fully saturated rings. The van der Waals surface area contributed by atoms with Crippen LogP contribution >= 0.6 is 0 Å². The highest BCUT2D eigenvalue weighted by Gasteiger charge is 2.19. The van der Waals surface area contributed by atoms with Crippen molar-refractivity contribution in [2.24, 2.45) is 0 Å². The van der Waals surface area contributed by atoms with Gasteiger partial charge in [0.25, 0.3) is 0 Å². The fourth-order valence-electron chi connectivity index (χ4n) is 1.87. The molecule has 4 N–H and O–H groups in total. The van der Waals surface area contributed by atoms with E-state index in [0.717, 1.165) is 0 Å². The van der Waals surface area contributed by atoms with Gasteiger partial charge in [-0.2, -0.15) is 0 Å². The van der Waals surface area contributed by atoms with Crippen LogP contribution in [0.4, 0.5) is 5.69 Å². The second kappa shape index (κ2) is 4.81. The third-order valence-electron chi connectivity index (χ3n) is 2.72. The van der Waals surface area contributed by atoms with Crippen molar-refractivity contribution in [3.63, 3.8) is 0 Å². The lowest BCUT2D eigenvalue weighted by molar-refractivity contribution is 0.0696. The summed E-state index contributed by atoms with van der Waals surface area (Å²) in [4.78, 5) is 22.4. The molecule has 2 aromatic carbocycles. The van der Waals surface area contributed by atoms with E-state index in [9.17, 15) is 19.8 Å². The summed E-state index contributed by atoms with van der Waals surface area (Å²) >= 11 is 0. The van der Waals surface area contributed by atoms with Crippen molar-refractivity contribution in [2.75, 3.05) is 5.73 Å². The Morgan fingerprint density at radius 3 is 1.74 bits per heavy atom. The van der Waals surface area contributed by atoms with E-state index in [-0.39, 0.29) is 16.7 Å². The van der Waals surface area contributed by atoms with E-state index in [2.05, 4.69) is 0 Å². The number of carboxylic acids is 2. The van der Waals surface area contributed by atoms with Gasteiger partial charge in [0.2, 0.25) is 0 Å². The van der Waals surface area contributed by atoms with Crippen molar-refractivity contribution in [3.05, 3.63) is 53.6 Å². The summed E-state index contributed by atoms with van der Waals surface area (Å²) in [6, 6.07) is 10.6. The predicted octanol–water partition coefficient (Wildman–Crippen LogP) is 2.33. The fraction of sp³-hybridized carbons (Fsp3) is 0. The van der Waals surface area contributed by atoms with Gasteiger partial charge in [0.15, 0.2) is 0 Å². The van der Waals surface area contributed by atoms with E-state index in [1.165, 1.54) is 18.2 Å². The zero-order valence-electron chi connectivity index (χ0n) is 9.83. The van der Waals surface area contributed by atoms with Crippen LogP contribution < -0.4 is 5.73 Å². The average Bonchev–Trinajstić information content (AvgIpc) is 2.38. The highest BCUT2D eigenvalue weighted by molar-refractivity contribution is 6.04. The number of carboxylic acid groups (broad SMARTS) is 2. The number of hydrogen-bond donors (Lipinski definition) is 3. The zero-order valence-corrected chi connectivity index (χ0v) is 9.83. The molecule has 0 heterocycles. The molecule has 0 aromatic heterocycles. The van der Waals surface area contributed by atoms with Gasteiger partial charge in [-0.05, 0) is 29.8 Å². The number of benzene rings is 2. The van der Waals surface area contributed by atoms with Gasteiger partial charge in [-0.3, -0.25) is 0 Å². The molecule has 0 amide bonds. The number of nitrogens with two attached hydrogens (primary N) is 1. The molecule has 0 aliphatic heterocycles. The van der Waals surface area contributed by atoms with Crippen LogP contribution in [0.3, 0.4) is 0 Å². The summed E-state index contributed by atoms with van der Waals surface area (Å²) in [6.45, 7) is 0. The molecule has 96 valence electrons. The van der Waals surface area contributed by atoms with Crippen LogP contribution in [0.1, 0.15) is 20.7 Å². The number of nitrogen functional groups attached to an aromatic ring is 1. The summed E-state index contributed by atoms with van der Waals surface area (Å²) in [6.07, 6.45) is 0. The maximum Gasteiger partial charge on any atom is 0.336 e. The topological polar surface area (TPSA) is 101 Å². The lowest BCUT2D eigenvalue weighted by atomic mass is 9.94. The molecule has 0 saturated heterocycles. The van der Waals surface area contributed by atoms with Gasteiger partial charge in [0.1, 0.15) is 0 Å². The Balaban J connectivity index is 2.74. The maximum atomic E-state index is 11.2. The smallest absolute Gasteiger partial charge is 0.336 e. The average molecular weight is 257 g/mol. The Kier molecular flexibility index (Phi) is 3.20. The van der Waals surface area contributed by atoms with Crippen LogP contribution in [-0.4, -0.2) is 22.2 Å². The molecule has 0 spiro atoms. The van der Waals surface area contributed by atoms with Gasteiger partial charge in [-0.15, -0.1) is 0 Å². The third-order valence-corrected chi connectivity index (χ3v) is 2.72. The number of hydrogen-bond acceptors (Lipinski definition) is 3. The van der Waals surface area contributed by atoms with Crippen LogP contribution in [0.25, 0.3) is 11.1 Å². The van der Waals surface area contributed by atoms with E-state index >= 15 is 0 Å². The van der Waals surface area contributed by atoms with E-state index < -0.39 is 11.9 Å². The molecule has 2 aromatic rings. The molecule has 0 unspecified atom stereocenters. The van der Waals surface area contributed by atoms with Crippen molar-refractivity contribution in [1.82, 2.24) is 0 Å². The Labute approximate surface area is 108 Å². The first-order chi connectivity index (χ1) is 9.00. The minimum absolute atomic E-state index is 0.0512. The highest BCUT2D eigenvalue weighted by Crippen LogP contribution is 2.28. The quantitative estimate of drug-likeness (QED) is 0.732. The largest absolute Gasteiger partial charge is 0.478 e. The third kappa shape index (κ3) is 2.40. The van der Waals surface area contributed by atoms with Crippen molar-refractivity contribution in [1.29, 1.82) is 0 Å². The highest BCUT2D eigenvalue weighted by atomic mass is 16.4. The first kappa shape index (κ1) is 12.6. The molecule has 0 bridgehead atoms. The molecule has 2 rings (SSSR count).